The Bertz CT molecular complexity index is 892. The Morgan fingerprint density at radius 3 is 2.79 bits per heavy atom. The van der Waals surface area contributed by atoms with Crippen molar-refractivity contribution in [1.82, 2.24) is 14.9 Å². The second kappa shape index (κ2) is 7.99. The number of carbonyl (C=O) groups excluding carboxylic acids is 1. The Balaban J connectivity index is 1.70. The molecular weight excluding hydrogens is 388 g/mol. The van der Waals surface area contributed by atoms with Crippen LogP contribution in [0.2, 0.25) is 5.15 Å². The highest BCUT2D eigenvalue weighted by molar-refractivity contribution is 6.30. The van der Waals surface area contributed by atoms with Crippen molar-refractivity contribution in [2.45, 2.75) is 52.1 Å². The smallest absolute Gasteiger partial charge is 0.255 e. The SMILES string of the molecule is CCC(F)(F)CCOc1ncc(C(C)N2Cc3c(ccnc3Cl)C2=O)cc1C. The number of fused-ring (bicyclic) bond motifs is 1. The summed E-state index contributed by atoms with van der Waals surface area (Å²) in [6.07, 6.45) is 2.57. The Morgan fingerprint density at radius 2 is 2.14 bits per heavy atom. The van der Waals surface area contributed by atoms with E-state index in [0.717, 1.165) is 16.7 Å². The maximum atomic E-state index is 13.3. The van der Waals surface area contributed by atoms with Crippen LogP contribution in [0.5, 0.6) is 5.88 Å². The molecule has 28 heavy (non-hydrogen) atoms. The zero-order valence-electron chi connectivity index (χ0n) is 16.0. The van der Waals surface area contributed by atoms with Gasteiger partial charge in [-0.3, -0.25) is 4.79 Å². The number of rotatable bonds is 7. The van der Waals surface area contributed by atoms with E-state index in [4.69, 9.17) is 16.3 Å². The number of carbonyl (C=O) groups is 1. The van der Waals surface area contributed by atoms with Gasteiger partial charge in [0.1, 0.15) is 5.15 Å². The van der Waals surface area contributed by atoms with Crippen LogP contribution in [0.25, 0.3) is 0 Å². The predicted octanol–water partition coefficient (Wildman–Crippen LogP) is 4.97. The normalized spacial score (nSPS) is 14.9. The number of nitrogens with zero attached hydrogens (tertiary/aromatic N) is 3. The molecule has 5 nitrogen and oxygen atoms in total. The van der Waals surface area contributed by atoms with Gasteiger partial charge in [0, 0.05) is 41.9 Å². The lowest BCUT2D eigenvalue weighted by Gasteiger charge is -2.25. The molecule has 0 aromatic carbocycles. The summed E-state index contributed by atoms with van der Waals surface area (Å²) in [5, 5.41) is 0.336. The number of aryl methyl sites for hydroxylation is 1. The third-order valence-electron chi connectivity index (χ3n) is 5.05. The first-order valence-corrected chi connectivity index (χ1v) is 9.53. The molecule has 1 amide bonds. The van der Waals surface area contributed by atoms with Crippen molar-refractivity contribution in [3.63, 3.8) is 0 Å². The van der Waals surface area contributed by atoms with Gasteiger partial charge in [-0.1, -0.05) is 18.5 Å². The van der Waals surface area contributed by atoms with Gasteiger partial charge in [0.25, 0.3) is 11.8 Å². The van der Waals surface area contributed by atoms with Crippen molar-refractivity contribution in [3.05, 3.63) is 51.9 Å². The molecule has 1 aliphatic heterocycles. The quantitative estimate of drug-likeness (QED) is 0.606. The average molecular weight is 410 g/mol. The number of amides is 1. The molecule has 3 rings (SSSR count). The fraction of sp³-hybridized carbons (Fsp3) is 0.450. The molecule has 2 aromatic rings. The van der Waals surface area contributed by atoms with Gasteiger partial charge in [-0.25, -0.2) is 18.7 Å². The van der Waals surface area contributed by atoms with E-state index in [1.165, 1.54) is 13.1 Å². The van der Waals surface area contributed by atoms with E-state index in [1.807, 2.05) is 13.0 Å². The largest absolute Gasteiger partial charge is 0.477 e. The molecule has 150 valence electrons. The Kier molecular flexibility index (Phi) is 5.84. The van der Waals surface area contributed by atoms with Gasteiger partial charge in [-0.15, -0.1) is 0 Å². The minimum atomic E-state index is -2.73. The molecule has 0 saturated heterocycles. The summed E-state index contributed by atoms with van der Waals surface area (Å²) in [5.74, 6) is -2.51. The third-order valence-corrected chi connectivity index (χ3v) is 5.37. The van der Waals surface area contributed by atoms with E-state index in [9.17, 15) is 13.6 Å². The highest BCUT2D eigenvalue weighted by atomic mass is 35.5. The summed E-state index contributed by atoms with van der Waals surface area (Å²) in [4.78, 5) is 22.7. The van der Waals surface area contributed by atoms with E-state index in [0.29, 0.717) is 23.1 Å². The number of aromatic nitrogens is 2. The third kappa shape index (κ3) is 4.09. The first-order valence-electron chi connectivity index (χ1n) is 9.15. The lowest BCUT2D eigenvalue weighted by atomic mass is 10.1. The van der Waals surface area contributed by atoms with Crippen LogP contribution >= 0.6 is 11.6 Å². The van der Waals surface area contributed by atoms with Crippen LogP contribution in [-0.4, -0.2) is 33.3 Å². The molecule has 0 spiro atoms. The zero-order chi connectivity index (χ0) is 20.5. The summed E-state index contributed by atoms with van der Waals surface area (Å²) in [6.45, 7) is 5.43. The summed E-state index contributed by atoms with van der Waals surface area (Å²) in [5.41, 5.74) is 2.85. The molecule has 0 fully saturated rings. The first-order chi connectivity index (χ1) is 13.2. The van der Waals surface area contributed by atoms with Gasteiger partial charge in [-0.2, -0.15) is 0 Å². The summed E-state index contributed by atoms with van der Waals surface area (Å²) in [6, 6.07) is 3.30. The highest BCUT2D eigenvalue weighted by Crippen LogP contribution is 2.34. The Morgan fingerprint density at radius 1 is 1.39 bits per heavy atom. The average Bonchev–Trinajstić information content (AvgIpc) is 3.00. The van der Waals surface area contributed by atoms with Crippen LogP contribution < -0.4 is 4.74 Å². The van der Waals surface area contributed by atoms with Crippen molar-refractivity contribution < 1.29 is 18.3 Å². The number of ether oxygens (including phenoxy) is 1. The van der Waals surface area contributed by atoms with Crippen molar-refractivity contribution in [3.8, 4) is 5.88 Å². The van der Waals surface area contributed by atoms with E-state index >= 15 is 0 Å². The molecular formula is C20H22ClF2N3O2. The van der Waals surface area contributed by atoms with Gasteiger partial charge in [0.05, 0.1) is 19.2 Å². The molecule has 3 heterocycles. The van der Waals surface area contributed by atoms with Gasteiger partial charge in [0.15, 0.2) is 0 Å². The van der Waals surface area contributed by atoms with Crippen LogP contribution in [0.15, 0.2) is 24.5 Å². The summed E-state index contributed by atoms with van der Waals surface area (Å²) in [7, 11) is 0. The first kappa shape index (κ1) is 20.5. The number of alkyl halides is 2. The van der Waals surface area contributed by atoms with Crippen molar-refractivity contribution in [2.24, 2.45) is 0 Å². The number of hydrogen-bond donors (Lipinski definition) is 0. The topological polar surface area (TPSA) is 55.3 Å². The second-order valence-electron chi connectivity index (χ2n) is 6.94. The standard InChI is InChI=1S/C20H22ClF2N3O2/c1-4-20(22,23)6-8-28-18-12(2)9-14(10-25-18)13(3)26-11-16-15(19(26)27)5-7-24-17(16)21/h5,7,9-10,13H,4,6,8,11H2,1-3H3. The Labute approximate surface area is 167 Å². The lowest BCUT2D eigenvalue weighted by molar-refractivity contribution is -0.0222. The maximum Gasteiger partial charge on any atom is 0.255 e. The summed E-state index contributed by atoms with van der Waals surface area (Å²) < 4.78 is 32.1. The molecule has 2 aromatic heterocycles. The molecule has 1 aliphatic rings. The molecule has 0 bridgehead atoms. The lowest BCUT2D eigenvalue weighted by Crippen LogP contribution is -2.27. The zero-order valence-corrected chi connectivity index (χ0v) is 16.8. The van der Waals surface area contributed by atoms with E-state index in [1.54, 1.807) is 24.1 Å². The van der Waals surface area contributed by atoms with Crippen LogP contribution in [0.4, 0.5) is 8.78 Å². The minimum Gasteiger partial charge on any atom is -0.477 e. The molecule has 1 atom stereocenters. The van der Waals surface area contributed by atoms with E-state index < -0.39 is 5.92 Å². The van der Waals surface area contributed by atoms with Gasteiger partial charge >= 0.3 is 0 Å². The van der Waals surface area contributed by atoms with Crippen molar-refractivity contribution in [2.75, 3.05) is 6.61 Å². The maximum absolute atomic E-state index is 13.3. The molecule has 0 N–H and O–H groups in total. The molecule has 0 aliphatic carbocycles. The molecule has 0 radical (unpaired) electrons. The van der Waals surface area contributed by atoms with Gasteiger partial charge < -0.3 is 9.64 Å². The minimum absolute atomic E-state index is 0.102. The van der Waals surface area contributed by atoms with E-state index in [2.05, 4.69) is 9.97 Å². The second-order valence-corrected chi connectivity index (χ2v) is 7.29. The van der Waals surface area contributed by atoms with Crippen molar-refractivity contribution in [1.29, 1.82) is 0 Å². The fourth-order valence-corrected chi connectivity index (χ4v) is 3.36. The molecule has 0 saturated carbocycles. The van der Waals surface area contributed by atoms with E-state index in [-0.39, 0.29) is 31.4 Å². The highest BCUT2D eigenvalue weighted by Gasteiger charge is 2.33. The predicted molar refractivity (Wildman–Crippen MR) is 102 cm³/mol. The van der Waals surface area contributed by atoms with Crippen LogP contribution in [0.1, 0.15) is 59.8 Å². The monoisotopic (exact) mass is 409 g/mol. The molecule has 1 unspecified atom stereocenters. The van der Waals surface area contributed by atoms with Crippen LogP contribution in [-0.2, 0) is 6.54 Å². The Hall–Kier alpha value is -2.28. The summed E-state index contributed by atoms with van der Waals surface area (Å²) >= 11 is 6.12. The number of hydrogen-bond acceptors (Lipinski definition) is 4. The fourth-order valence-electron chi connectivity index (χ4n) is 3.14. The van der Waals surface area contributed by atoms with Gasteiger partial charge in [-0.05, 0) is 31.5 Å². The van der Waals surface area contributed by atoms with Crippen LogP contribution in [0.3, 0.4) is 0 Å². The van der Waals surface area contributed by atoms with Crippen molar-refractivity contribution >= 4 is 17.5 Å². The number of pyridine rings is 2. The van der Waals surface area contributed by atoms with Crippen LogP contribution in [0, 0.1) is 6.92 Å². The van der Waals surface area contributed by atoms with Gasteiger partial charge in [0.2, 0.25) is 5.88 Å². The molecule has 8 heteroatoms. The number of halogens is 3.